The van der Waals surface area contributed by atoms with Crippen LogP contribution in [0.25, 0.3) is 0 Å². The van der Waals surface area contributed by atoms with Crippen molar-refractivity contribution >= 4 is 8.07 Å². The van der Waals surface area contributed by atoms with Crippen molar-refractivity contribution in [3.63, 3.8) is 0 Å². The molecular weight excluding hydrogens is 128 g/mol. The molecule has 0 spiro atoms. The molecule has 0 rings (SSSR count). The van der Waals surface area contributed by atoms with Crippen molar-refractivity contribution < 1.29 is 5.11 Å². The van der Waals surface area contributed by atoms with E-state index in [1.165, 1.54) is 0 Å². The first-order valence-corrected chi connectivity index (χ1v) is 6.65. The largest absolute Gasteiger partial charge is 0.396 e. The zero-order valence-corrected chi connectivity index (χ0v) is 7.35. The fourth-order valence-corrected chi connectivity index (χ4v) is 1.91. The van der Waals surface area contributed by atoms with Crippen LogP contribution in [-0.2, 0) is 0 Å². The molecule has 0 aliphatic heterocycles. The molecule has 1 N–H and O–H groups in total. The van der Waals surface area contributed by atoms with Crippen molar-refractivity contribution in [1.82, 2.24) is 0 Å². The standard InChI is InChI=1S/C7H16OSi/c1-4-9(2,3)7-5-6-8/h4,8H,1,5-7H2,2-3H3. The third-order valence-corrected chi connectivity index (χ3v) is 4.28. The van der Waals surface area contributed by atoms with Gasteiger partial charge in [0.2, 0.25) is 0 Å². The van der Waals surface area contributed by atoms with Crippen molar-refractivity contribution in [2.24, 2.45) is 0 Å². The first kappa shape index (κ1) is 8.92. The molecule has 0 aromatic heterocycles. The topological polar surface area (TPSA) is 20.2 Å². The Morgan fingerprint density at radius 2 is 2.11 bits per heavy atom. The van der Waals surface area contributed by atoms with Gasteiger partial charge in [-0.1, -0.05) is 19.1 Å². The average Bonchev–Trinajstić information content (AvgIpc) is 1.84. The highest BCUT2D eigenvalue weighted by atomic mass is 28.3. The van der Waals surface area contributed by atoms with Crippen LogP contribution in [0, 0.1) is 0 Å². The third-order valence-electron chi connectivity index (χ3n) is 1.53. The van der Waals surface area contributed by atoms with Gasteiger partial charge in [0.1, 0.15) is 0 Å². The van der Waals surface area contributed by atoms with E-state index in [2.05, 4.69) is 25.4 Å². The number of aliphatic hydroxyl groups is 1. The summed E-state index contributed by atoms with van der Waals surface area (Å²) < 4.78 is 0. The molecule has 0 saturated carbocycles. The van der Waals surface area contributed by atoms with Gasteiger partial charge in [-0.25, -0.2) is 0 Å². The van der Waals surface area contributed by atoms with E-state index in [4.69, 9.17) is 5.11 Å². The third kappa shape index (κ3) is 4.42. The van der Waals surface area contributed by atoms with Crippen LogP contribution in [-0.4, -0.2) is 19.8 Å². The minimum Gasteiger partial charge on any atom is -0.396 e. The molecule has 0 aromatic carbocycles. The molecule has 0 aliphatic carbocycles. The lowest BCUT2D eigenvalue weighted by atomic mass is 10.5. The van der Waals surface area contributed by atoms with Gasteiger partial charge in [0.15, 0.2) is 0 Å². The normalized spacial score (nSPS) is 11.4. The Morgan fingerprint density at radius 1 is 1.56 bits per heavy atom. The van der Waals surface area contributed by atoms with Gasteiger partial charge in [-0.15, -0.1) is 12.3 Å². The zero-order valence-electron chi connectivity index (χ0n) is 6.35. The molecule has 0 bridgehead atoms. The van der Waals surface area contributed by atoms with Gasteiger partial charge in [0.25, 0.3) is 0 Å². The SMILES string of the molecule is C=C[Si](C)(C)CCCO. The molecule has 2 heteroatoms. The van der Waals surface area contributed by atoms with Gasteiger partial charge < -0.3 is 5.11 Å². The number of hydrogen-bond acceptors (Lipinski definition) is 1. The minimum absolute atomic E-state index is 0.324. The molecule has 0 heterocycles. The first-order chi connectivity index (χ1) is 4.12. The van der Waals surface area contributed by atoms with Crippen molar-refractivity contribution in [2.75, 3.05) is 6.61 Å². The fraction of sp³-hybridized carbons (Fsp3) is 0.714. The summed E-state index contributed by atoms with van der Waals surface area (Å²) in [5.41, 5.74) is 2.07. The van der Waals surface area contributed by atoms with Crippen LogP contribution in [0.3, 0.4) is 0 Å². The predicted octanol–water partition coefficient (Wildman–Crippen LogP) is 1.80. The Kier molecular flexibility index (Phi) is 3.82. The maximum Gasteiger partial charge on any atom is 0.0710 e. The van der Waals surface area contributed by atoms with E-state index in [-0.39, 0.29) is 0 Å². The molecule has 54 valence electrons. The minimum atomic E-state index is -1.09. The van der Waals surface area contributed by atoms with E-state index in [0.29, 0.717) is 6.61 Å². The Bertz CT molecular complexity index is 88.9. The Hall–Kier alpha value is -0.0831. The summed E-state index contributed by atoms with van der Waals surface area (Å²) in [5, 5.41) is 8.51. The molecule has 0 radical (unpaired) electrons. The quantitative estimate of drug-likeness (QED) is 0.597. The van der Waals surface area contributed by atoms with Crippen LogP contribution in [0.4, 0.5) is 0 Å². The van der Waals surface area contributed by atoms with Crippen LogP contribution < -0.4 is 0 Å². The van der Waals surface area contributed by atoms with E-state index in [9.17, 15) is 0 Å². The Morgan fingerprint density at radius 3 is 2.44 bits per heavy atom. The molecule has 0 aliphatic rings. The second-order valence-electron chi connectivity index (χ2n) is 3.02. The molecular formula is C7H16OSi. The van der Waals surface area contributed by atoms with Crippen LogP contribution in [0.15, 0.2) is 12.3 Å². The lowest BCUT2D eigenvalue weighted by Crippen LogP contribution is -2.21. The van der Waals surface area contributed by atoms with Crippen LogP contribution in [0.5, 0.6) is 0 Å². The van der Waals surface area contributed by atoms with E-state index in [0.717, 1.165) is 12.5 Å². The van der Waals surface area contributed by atoms with Crippen molar-refractivity contribution in [1.29, 1.82) is 0 Å². The summed E-state index contributed by atoms with van der Waals surface area (Å²) >= 11 is 0. The van der Waals surface area contributed by atoms with Crippen molar-refractivity contribution in [3.8, 4) is 0 Å². The highest BCUT2D eigenvalue weighted by molar-refractivity contribution is 6.82. The van der Waals surface area contributed by atoms with Gasteiger partial charge in [-0.3, -0.25) is 0 Å². The summed E-state index contributed by atoms with van der Waals surface area (Å²) in [6.07, 6.45) is 0.936. The highest BCUT2D eigenvalue weighted by Crippen LogP contribution is 2.11. The molecule has 0 amide bonds. The molecule has 1 nitrogen and oxygen atoms in total. The maximum atomic E-state index is 8.51. The number of aliphatic hydroxyl groups excluding tert-OH is 1. The molecule has 9 heavy (non-hydrogen) atoms. The Balaban J connectivity index is 3.45. The van der Waals surface area contributed by atoms with Crippen LogP contribution >= 0.6 is 0 Å². The molecule has 0 aromatic rings. The van der Waals surface area contributed by atoms with Gasteiger partial charge >= 0.3 is 0 Å². The van der Waals surface area contributed by atoms with E-state index < -0.39 is 8.07 Å². The average molecular weight is 144 g/mol. The van der Waals surface area contributed by atoms with Crippen molar-refractivity contribution in [3.05, 3.63) is 12.3 Å². The van der Waals surface area contributed by atoms with Gasteiger partial charge in [-0.05, 0) is 6.42 Å². The smallest absolute Gasteiger partial charge is 0.0710 e. The molecule has 0 unspecified atom stereocenters. The zero-order chi connectivity index (χ0) is 7.33. The maximum absolute atomic E-state index is 8.51. The number of rotatable bonds is 4. The van der Waals surface area contributed by atoms with E-state index in [1.807, 2.05) is 0 Å². The molecule has 0 saturated heterocycles. The van der Waals surface area contributed by atoms with Crippen molar-refractivity contribution in [2.45, 2.75) is 25.6 Å². The summed E-state index contributed by atoms with van der Waals surface area (Å²) in [7, 11) is -1.09. The second kappa shape index (κ2) is 3.85. The highest BCUT2D eigenvalue weighted by Gasteiger charge is 2.13. The van der Waals surface area contributed by atoms with E-state index >= 15 is 0 Å². The summed E-state index contributed by atoms with van der Waals surface area (Å²) in [6.45, 7) is 8.61. The Labute approximate surface area is 58.4 Å². The lowest BCUT2D eigenvalue weighted by molar-refractivity contribution is 0.294. The van der Waals surface area contributed by atoms with Crippen LogP contribution in [0.2, 0.25) is 19.1 Å². The second-order valence-corrected chi connectivity index (χ2v) is 7.91. The molecule has 0 atom stereocenters. The lowest BCUT2D eigenvalue weighted by Gasteiger charge is -2.15. The predicted molar refractivity (Wildman–Crippen MR) is 44.2 cm³/mol. The van der Waals surface area contributed by atoms with Gasteiger partial charge in [-0.2, -0.15) is 0 Å². The van der Waals surface area contributed by atoms with E-state index in [1.54, 1.807) is 0 Å². The van der Waals surface area contributed by atoms with Crippen LogP contribution in [0.1, 0.15) is 6.42 Å². The summed E-state index contributed by atoms with van der Waals surface area (Å²) in [6, 6.07) is 1.16. The van der Waals surface area contributed by atoms with Gasteiger partial charge in [0.05, 0.1) is 8.07 Å². The number of hydrogen-bond donors (Lipinski definition) is 1. The monoisotopic (exact) mass is 144 g/mol. The summed E-state index contributed by atoms with van der Waals surface area (Å²) in [4.78, 5) is 0. The van der Waals surface area contributed by atoms with Gasteiger partial charge in [0, 0.05) is 6.61 Å². The molecule has 0 fully saturated rings. The first-order valence-electron chi connectivity index (χ1n) is 3.37. The summed E-state index contributed by atoms with van der Waals surface area (Å²) in [5.74, 6) is 0. The fourth-order valence-electron chi connectivity index (χ4n) is 0.637.